The fourth-order valence-corrected chi connectivity index (χ4v) is 4.48. The fraction of sp³-hybridized carbons (Fsp3) is 0.684. The maximum atomic E-state index is 12.3. The van der Waals surface area contributed by atoms with Crippen molar-refractivity contribution in [2.24, 2.45) is 5.41 Å². The van der Waals surface area contributed by atoms with Crippen molar-refractivity contribution in [3.8, 4) is 0 Å². The van der Waals surface area contributed by atoms with Crippen molar-refractivity contribution in [2.45, 2.75) is 46.1 Å². The van der Waals surface area contributed by atoms with Gasteiger partial charge in [0.1, 0.15) is 15.8 Å². The number of hydrogen-bond acceptors (Lipinski definition) is 6. The maximum Gasteiger partial charge on any atom is 0.407 e. The predicted octanol–water partition coefficient (Wildman–Crippen LogP) is 2.81. The SMILES string of the molecule is CON(C)C(=O)CC(C)c1c(I)ncnc1N1CCN(C(=O)O)[C@H](C(C)(C)C)C1. The third kappa shape index (κ3) is 5.47. The van der Waals surface area contributed by atoms with Crippen LogP contribution >= 0.6 is 22.6 Å². The van der Waals surface area contributed by atoms with E-state index in [1.807, 2.05) is 27.7 Å². The van der Waals surface area contributed by atoms with Crippen LogP contribution in [-0.2, 0) is 9.63 Å². The summed E-state index contributed by atoms with van der Waals surface area (Å²) < 4.78 is 0.793. The quantitative estimate of drug-likeness (QED) is 0.363. The number of nitrogens with zero attached hydrogens (tertiary/aromatic N) is 5. The van der Waals surface area contributed by atoms with Gasteiger partial charge >= 0.3 is 6.09 Å². The number of rotatable bonds is 5. The normalized spacial score (nSPS) is 18.5. The van der Waals surface area contributed by atoms with Crippen LogP contribution in [0.1, 0.15) is 45.6 Å². The van der Waals surface area contributed by atoms with Crippen molar-refractivity contribution >= 4 is 40.4 Å². The number of carbonyl (C=O) groups excluding carboxylic acids is 1. The molecule has 10 heteroatoms. The van der Waals surface area contributed by atoms with E-state index < -0.39 is 6.09 Å². The number of hydroxylamine groups is 2. The topological polar surface area (TPSA) is 99.1 Å². The number of aromatic nitrogens is 2. The molecule has 0 bridgehead atoms. The highest BCUT2D eigenvalue weighted by atomic mass is 127. The molecular weight excluding hydrogens is 489 g/mol. The number of carbonyl (C=O) groups is 2. The van der Waals surface area contributed by atoms with Crippen molar-refractivity contribution < 1.29 is 19.5 Å². The Balaban J connectivity index is 2.34. The number of hydrogen-bond donors (Lipinski definition) is 1. The Bertz CT molecular complexity index is 755. The van der Waals surface area contributed by atoms with E-state index in [4.69, 9.17) is 4.84 Å². The summed E-state index contributed by atoms with van der Waals surface area (Å²) in [5.41, 5.74) is 0.683. The third-order valence-corrected chi connectivity index (χ3v) is 6.20. The molecule has 0 spiro atoms. The zero-order valence-corrected chi connectivity index (χ0v) is 20.0. The monoisotopic (exact) mass is 519 g/mol. The van der Waals surface area contributed by atoms with Gasteiger partial charge in [0, 0.05) is 38.7 Å². The van der Waals surface area contributed by atoms with Crippen LogP contribution in [0.4, 0.5) is 10.6 Å². The molecule has 2 heterocycles. The average Bonchev–Trinajstić information content (AvgIpc) is 2.65. The molecule has 29 heavy (non-hydrogen) atoms. The molecule has 2 atom stereocenters. The Labute approximate surface area is 185 Å². The number of halogens is 1. The molecular formula is C19H30IN5O4. The lowest BCUT2D eigenvalue weighted by Gasteiger charge is -2.46. The minimum Gasteiger partial charge on any atom is -0.465 e. The second-order valence-electron chi connectivity index (χ2n) is 8.38. The predicted molar refractivity (Wildman–Crippen MR) is 118 cm³/mol. The largest absolute Gasteiger partial charge is 0.465 e. The summed E-state index contributed by atoms with van der Waals surface area (Å²) in [6.07, 6.45) is 0.883. The van der Waals surface area contributed by atoms with Crippen molar-refractivity contribution in [3.63, 3.8) is 0 Å². The first-order valence-corrected chi connectivity index (χ1v) is 10.6. The van der Waals surface area contributed by atoms with E-state index in [2.05, 4.69) is 37.5 Å². The summed E-state index contributed by atoms with van der Waals surface area (Å²) in [6, 6.07) is -0.175. The van der Waals surface area contributed by atoms with E-state index >= 15 is 0 Å². The van der Waals surface area contributed by atoms with Gasteiger partial charge in [-0.1, -0.05) is 27.7 Å². The van der Waals surface area contributed by atoms with E-state index in [-0.39, 0.29) is 29.7 Å². The zero-order chi connectivity index (χ0) is 21.9. The molecule has 1 fully saturated rings. The molecule has 1 N–H and O–H groups in total. The van der Waals surface area contributed by atoms with Crippen LogP contribution in [0, 0.1) is 9.12 Å². The van der Waals surface area contributed by atoms with Gasteiger partial charge in [0.2, 0.25) is 5.91 Å². The van der Waals surface area contributed by atoms with Crippen LogP contribution in [0.5, 0.6) is 0 Å². The van der Waals surface area contributed by atoms with Crippen LogP contribution in [-0.4, -0.2) is 76.9 Å². The van der Waals surface area contributed by atoms with Gasteiger partial charge in [0.15, 0.2) is 0 Å². The van der Waals surface area contributed by atoms with Crippen LogP contribution in [0.25, 0.3) is 0 Å². The third-order valence-electron chi connectivity index (χ3n) is 5.34. The highest BCUT2D eigenvalue weighted by Gasteiger charge is 2.39. The second-order valence-corrected chi connectivity index (χ2v) is 9.41. The molecule has 9 nitrogen and oxygen atoms in total. The van der Waals surface area contributed by atoms with Gasteiger partial charge in [-0.2, -0.15) is 0 Å². The molecule has 162 valence electrons. The molecule has 1 unspecified atom stereocenters. The van der Waals surface area contributed by atoms with E-state index in [1.165, 1.54) is 23.4 Å². The van der Waals surface area contributed by atoms with E-state index in [0.29, 0.717) is 19.6 Å². The second kappa shape index (κ2) is 9.41. The molecule has 1 aliphatic rings. The van der Waals surface area contributed by atoms with Crippen LogP contribution in [0.2, 0.25) is 0 Å². The minimum absolute atomic E-state index is 0.117. The van der Waals surface area contributed by atoms with Crippen molar-refractivity contribution in [2.75, 3.05) is 38.7 Å². The van der Waals surface area contributed by atoms with Gasteiger partial charge in [-0.25, -0.2) is 19.8 Å². The van der Waals surface area contributed by atoms with E-state index in [1.54, 1.807) is 7.05 Å². The Morgan fingerprint density at radius 2 is 2.03 bits per heavy atom. The van der Waals surface area contributed by atoms with Crippen molar-refractivity contribution in [1.82, 2.24) is 19.9 Å². The smallest absolute Gasteiger partial charge is 0.407 e. The molecule has 0 saturated carbocycles. The summed E-state index contributed by atoms with van der Waals surface area (Å²) in [7, 11) is 3.04. The van der Waals surface area contributed by atoms with Crippen molar-refractivity contribution in [1.29, 1.82) is 0 Å². The van der Waals surface area contributed by atoms with E-state index in [0.717, 1.165) is 15.1 Å². The van der Waals surface area contributed by atoms with Gasteiger partial charge in [-0.3, -0.25) is 9.63 Å². The molecule has 0 radical (unpaired) electrons. The van der Waals surface area contributed by atoms with Gasteiger partial charge < -0.3 is 14.9 Å². The summed E-state index contributed by atoms with van der Waals surface area (Å²) in [4.78, 5) is 41.5. The lowest BCUT2D eigenvalue weighted by atomic mass is 9.84. The average molecular weight is 519 g/mol. The molecule has 2 amide bonds. The molecule has 0 aliphatic carbocycles. The van der Waals surface area contributed by atoms with Gasteiger partial charge in [-0.15, -0.1) is 0 Å². The molecule has 1 aromatic rings. The van der Waals surface area contributed by atoms with Crippen LogP contribution in [0.15, 0.2) is 6.33 Å². The molecule has 1 aliphatic heterocycles. The van der Waals surface area contributed by atoms with Gasteiger partial charge in [0.05, 0.1) is 13.2 Å². The van der Waals surface area contributed by atoms with Gasteiger partial charge in [0.25, 0.3) is 0 Å². The number of piperazine rings is 1. The first-order valence-electron chi connectivity index (χ1n) is 9.52. The summed E-state index contributed by atoms with van der Waals surface area (Å²) in [6.45, 7) is 9.58. The highest BCUT2D eigenvalue weighted by molar-refractivity contribution is 14.1. The number of carboxylic acid groups (broad SMARTS) is 1. The molecule has 2 rings (SSSR count). The number of anilines is 1. The Kier molecular flexibility index (Phi) is 7.66. The molecule has 1 saturated heterocycles. The number of amides is 2. The summed E-state index contributed by atoms with van der Waals surface area (Å²) in [5.74, 6) is 0.520. The fourth-order valence-electron chi connectivity index (χ4n) is 3.58. The highest BCUT2D eigenvalue weighted by Crippen LogP contribution is 2.35. The Hall–Kier alpha value is -1.69. The maximum absolute atomic E-state index is 12.3. The summed E-state index contributed by atoms with van der Waals surface area (Å²) >= 11 is 2.17. The Morgan fingerprint density at radius 3 is 2.59 bits per heavy atom. The zero-order valence-electron chi connectivity index (χ0n) is 17.8. The molecule has 1 aromatic heterocycles. The first-order chi connectivity index (χ1) is 13.5. The minimum atomic E-state index is -0.899. The Morgan fingerprint density at radius 1 is 1.38 bits per heavy atom. The standard InChI is InChI=1S/C19H30IN5O4/c1-12(9-14(26)23(5)29-6)15-16(20)21-11-22-17(15)24-7-8-25(18(27)28)13(10-24)19(2,3)4/h11-13H,7-10H2,1-6H3,(H,27,28)/t12?,13-/m0/s1. The lowest BCUT2D eigenvalue weighted by Crippen LogP contribution is -2.59. The van der Waals surface area contributed by atoms with E-state index in [9.17, 15) is 14.7 Å². The van der Waals surface area contributed by atoms with Crippen LogP contribution < -0.4 is 4.90 Å². The first kappa shape index (κ1) is 23.6. The molecule has 0 aromatic carbocycles. The summed E-state index contributed by atoms with van der Waals surface area (Å²) in [5, 5.41) is 10.8. The van der Waals surface area contributed by atoms with Crippen molar-refractivity contribution in [3.05, 3.63) is 15.6 Å². The van der Waals surface area contributed by atoms with Crippen LogP contribution in [0.3, 0.4) is 0 Å². The lowest BCUT2D eigenvalue weighted by molar-refractivity contribution is -0.169. The van der Waals surface area contributed by atoms with Gasteiger partial charge in [-0.05, 0) is 33.9 Å².